The first-order valence-electron chi connectivity index (χ1n) is 8.00. The molecule has 130 valence electrons. The molecule has 5 nitrogen and oxygen atoms in total. The molecule has 4 rings (SSSR count). The Morgan fingerprint density at radius 3 is 2.96 bits per heavy atom. The van der Waals surface area contributed by atoms with Crippen LogP contribution in [0.5, 0.6) is 0 Å². The van der Waals surface area contributed by atoms with E-state index >= 15 is 0 Å². The third kappa shape index (κ3) is 3.34. The predicted octanol–water partition coefficient (Wildman–Crippen LogP) is 3.77. The van der Waals surface area contributed by atoms with Gasteiger partial charge in [-0.2, -0.15) is 5.10 Å². The van der Waals surface area contributed by atoms with Crippen LogP contribution < -0.4 is 5.32 Å². The van der Waals surface area contributed by atoms with Crippen molar-refractivity contribution < 1.29 is 9.18 Å². The molecule has 0 unspecified atom stereocenters. The van der Waals surface area contributed by atoms with Gasteiger partial charge in [0.05, 0.1) is 16.8 Å². The van der Waals surface area contributed by atoms with Crippen molar-refractivity contribution in [2.24, 2.45) is 7.05 Å². The summed E-state index contributed by atoms with van der Waals surface area (Å²) in [6, 6.07) is 10.0. The summed E-state index contributed by atoms with van der Waals surface area (Å²) in [5.41, 5.74) is 2.67. The highest BCUT2D eigenvalue weighted by Gasteiger charge is 2.11. The van der Waals surface area contributed by atoms with E-state index in [1.807, 2.05) is 25.4 Å². The minimum absolute atomic E-state index is 0.175. The zero-order chi connectivity index (χ0) is 18.1. The predicted molar refractivity (Wildman–Crippen MR) is 99.4 cm³/mol. The topological polar surface area (TPSA) is 59.8 Å². The quantitative estimate of drug-likeness (QED) is 0.598. The number of carbonyl (C=O) groups is 1. The summed E-state index contributed by atoms with van der Waals surface area (Å²) < 4.78 is 15.9. The molecule has 0 fully saturated rings. The Bertz CT molecular complexity index is 1100. The molecule has 0 aliphatic carbocycles. The lowest BCUT2D eigenvalue weighted by molar-refractivity contribution is 0.0955. The van der Waals surface area contributed by atoms with Crippen molar-refractivity contribution in [1.82, 2.24) is 20.1 Å². The zero-order valence-corrected chi connectivity index (χ0v) is 14.8. The van der Waals surface area contributed by atoms with Gasteiger partial charge in [-0.1, -0.05) is 0 Å². The molecule has 0 spiro atoms. The second-order valence-electron chi connectivity index (χ2n) is 5.93. The number of fused-ring (bicyclic) bond motifs is 1. The Labute approximate surface area is 153 Å². The molecule has 0 saturated heterocycles. The van der Waals surface area contributed by atoms with E-state index in [1.54, 1.807) is 29.2 Å². The highest BCUT2D eigenvalue weighted by Crippen LogP contribution is 2.26. The van der Waals surface area contributed by atoms with Crippen LogP contribution in [0.2, 0.25) is 0 Å². The van der Waals surface area contributed by atoms with Gasteiger partial charge >= 0.3 is 0 Å². The van der Waals surface area contributed by atoms with Gasteiger partial charge in [-0.25, -0.2) is 4.39 Å². The Balaban J connectivity index is 1.48. The Kier molecular flexibility index (Phi) is 4.22. The third-order valence-corrected chi connectivity index (χ3v) is 5.10. The number of nitrogens with zero attached hydrogens (tertiary/aromatic N) is 3. The van der Waals surface area contributed by atoms with Crippen LogP contribution in [0.4, 0.5) is 4.39 Å². The molecule has 3 heterocycles. The highest BCUT2D eigenvalue weighted by atomic mass is 32.1. The Morgan fingerprint density at radius 1 is 1.27 bits per heavy atom. The van der Waals surface area contributed by atoms with Crippen molar-refractivity contribution >= 4 is 27.3 Å². The second kappa shape index (κ2) is 6.68. The van der Waals surface area contributed by atoms with Gasteiger partial charge in [0.1, 0.15) is 5.82 Å². The first-order valence-corrected chi connectivity index (χ1v) is 8.81. The average Bonchev–Trinajstić information content (AvgIpc) is 3.25. The van der Waals surface area contributed by atoms with Crippen LogP contribution in [0, 0.1) is 5.82 Å². The molecule has 4 aromatic rings. The molecule has 0 bridgehead atoms. The van der Waals surface area contributed by atoms with Crippen molar-refractivity contribution in [3.8, 4) is 11.3 Å². The summed E-state index contributed by atoms with van der Waals surface area (Å²) >= 11 is 1.35. The van der Waals surface area contributed by atoms with Crippen LogP contribution in [-0.4, -0.2) is 20.7 Å². The molecule has 3 aromatic heterocycles. The molecule has 0 aliphatic rings. The van der Waals surface area contributed by atoms with Crippen molar-refractivity contribution in [3.63, 3.8) is 0 Å². The lowest BCUT2D eigenvalue weighted by Gasteiger charge is -2.05. The zero-order valence-electron chi connectivity index (χ0n) is 13.9. The van der Waals surface area contributed by atoms with Gasteiger partial charge in [0.25, 0.3) is 5.91 Å². The van der Waals surface area contributed by atoms with Crippen LogP contribution in [-0.2, 0) is 13.6 Å². The normalized spacial score (nSPS) is 11.0. The number of hydrogen-bond donors (Lipinski definition) is 1. The van der Waals surface area contributed by atoms with Crippen LogP contribution >= 0.6 is 11.3 Å². The van der Waals surface area contributed by atoms with Gasteiger partial charge < -0.3 is 5.32 Å². The molecule has 0 atom stereocenters. The molecule has 0 aliphatic heterocycles. The van der Waals surface area contributed by atoms with Gasteiger partial charge in [0.2, 0.25) is 0 Å². The fraction of sp³-hybridized carbons (Fsp3) is 0.105. The van der Waals surface area contributed by atoms with E-state index in [0.717, 1.165) is 26.9 Å². The maximum Gasteiger partial charge on any atom is 0.261 e. The minimum Gasteiger partial charge on any atom is -0.347 e. The molecule has 0 radical (unpaired) electrons. The fourth-order valence-electron chi connectivity index (χ4n) is 2.69. The number of nitrogens with one attached hydrogen (secondary N) is 1. The number of aryl methyl sites for hydroxylation is 1. The number of aromatic nitrogens is 3. The number of amides is 1. The molecule has 26 heavy (non-hydrogen) atoms. The summed E-state index contributed by atoms with van der Waals surface area (Å²) in [6.45, 7) is 0.386. The van der Waals surface area contributed by atoms with Crippen molar-refractivity contribution in [3.05, 3.63) is 71.2 Å². The van der Waals surface area contributed by atoms with E-state index in [4.69, 9.17) is 0 Å². The summed E-state index contributed by atoms with van der Waals surface area (Å²) in [4.78, 5) is 17.3. The number of thiophene rings is 1. The standard InChI is InChI=1S/C19H15FN4OS/c1-24-11-14(10-23-24)16-6-12(4-5-21-16)9-22-19(25)18-8-13-7-15(20)2-3-17(13)26-18/h2-8,10-11H,9H2,1H3,(H,22,25). The third-order valence-electron chi connectivity index (χ3n) is 3.98. The lowest BCUT2D eigenvalue weighted by Crippen LogP contribution is -2.21. The minimum atomic E-state index is -0.304. The smallest absolute Gasteiger partial charge is 0.261 e. The van der Waals surface area contributed by atoms with E-state index in [1.165, 1.54) is 23.5 Å². The number of hydrogen-bond acceptors (Lipinski definition) is 4. The average molecular weight is 366 g/mol. The van der Waals surface area contributed by atoms with Crippen LogP contribution in [0.3, 0.4) is 0 Å². The highest BCUT2D eigenvalue weighted by molar-refractivity contribution is 7.20. The number of carbonyl (C=O) groups excluding carboxylic acids is 1. The van der Waals surface area contributed by atoms with Gasteiger partial charge in [0.15, 0.2) is 0 Å². The van der Waals surface area contributed by atoms with Gasteiger partial charge in [-0.05, 0) is 47.3 Å². The molecule has 1 amide bonds. The maximum absolute atomic E-state index is 13.3. The van der Waals surface area contributed by atoms with Crippen LogP contribution in [0.25, 0.3) is 21.3 Å². The first-order chi connectivity index (χ1) is 12.6. The molecule has 1 N–H and O–H groups in total. The van der Waals surface area contributed by atoms with Gasteiger partial charge in [0, 0.05) is 36.2 Å². The second-order valence-corrected chi connectivity index (χ2v) is 7.01. The Hall–Kier alpha value is -3.06. The van der Waals surface area contributed by atoms with E-state index in [-0.39, 0.29) is 11.7 Å². The summed E-state index contributed by atoms with van der Waals surface area (Å²) in [6.07, 6.45) is 5.36. The van der Waals surface area contributed by atoms with E-state index < -0.39 is 0 Å². The summed E-state index contributed by atoms with van der Waals surface area (Å²) in [5, 5.41) is 7.79. The first kappa shape index (κ1) is 16.4. The largest absolute Gasteiger partial charge is 0.347 e. The maximum atomic E-state index is 13.3. The summed E-state index contributed by atoms with van der Waals surface area (Å²) in [5.74, 6) is -0.478. The number of halogens is 1. The number of benzene rings is 1. The van der Waals surface area contributed by atoms with E-state index in [9.17, 15) is 9.18 Å². The van der Waals surface area contributed by atoms with Crippen LogP contribution in [0.15, 0.2) is 55.0 Å². The summed E-state index contributed by atoms with van der Waals surface area (Å²) in [7, 11) is 1.85. The molecule has 0 saturated carbocycles. The van der Waals surface area contributed by atoms with Crippen molar-refractivity contribution in [2.45, 2.75) is 6.54 Å². The van der Waals surface area contributed by atoms with Gasteiger partial charge in [-0.3, -0.25) is 14.5 Å². The van der Waals surface area contributed by atoms with E-state index in [0.29, 0.717) is 11.4 Å². The monoisotopic (exact) mass is 366 g/mol. The van der Waals surface area contributed by atoms with Crippen molar-refractivity contribution in [2.75, 3.05) is 0 Å². The van der Waals surface area contributed by atoms with Crippen molar-refractivity contribution in [1.29, 1.82) is 0 Å². The molecular formula is C19H15FN4OS. The molecular weight excluding hydrogens is 351 g/mol. The number of rotatable bonds is 4. The van der Waals surface area contributed by atoms with Gasteiger partial charge in [-0.15, -0.1) is 11.3 Å². The molecule has 7 heteroatoms. The fourth-order valence-corrected chi connectivity index (χ4v) is 3.65. The lowest BCUT2D eigenvalue weighted by atomic mass is 10.1. The Morgan fingerprint density at radius 2 is 2.15 bits per heavy atom. The van der Waals surface area contributed by atoms with E-state index in [2.05, 4.69) is 15.4 Å². The SMILES string of the molecule is Cn1cc(-c2cc(CNC(=O)c3cc4cc(F)ccc4s3)ccn2)cn1. The number of pyridine rings is 1. The van der Waals surface area contributed by atoms with Crippen LogP contribution in [0.1, 0.15) is 15.2 Å². The molecule has 1 aromatic carbocycles.